The van der Waals surface area contributed by atoms with Crippen LogP contribution in [0.5, 0.6) is 11.5 Å². The highest BCUT2D eigenvalue weighted by atomic mass is 79.9. The second kappa shape index (κ2) is 9.08. The zero-order valence-electron chi connectivity index (χ0n) is 14.8. The van der Waals surface area contributed by atoms with Gasteiger partial charge in [-0.05, 0) is 36.5 Å². The Hall–Kier alpha value is -1.76. The minimum Gasteiger partial charge on any atom is -0.493 e. The van der Waals surface area contributed by atoms with Gasteiger partial charge in [0, 0.05) is 17.6 Å². The molecule has 0 N–H and O–H groups in total. The minimum atomic E-state index is -0.452. The molecule has 0 aliphatic carbocycles. The van der Waals surface area contributed by atoms with Crippen LogP contribution in [0.3, 0.4) is 0 Å². The van der Waals surface area contributed by atoms with Crippen LogP contribution in [0.4, 0.5) is 0 Å². The van der Waals surface area contributed by atoms with Gasteiger partial charge in [0.05, 0.1) is 20.6 Å². The first-order valence-corrected chi connectivity index (χ1v) is 9.07. The summed E-state index contributed by atoms with van der Waals surface area (Å²) in [6, 6.07) is 3.46. The molecule has 0 saturated carbocycles. The molecule has 25 heavy (non-hydrogen) atoms. The summed E-state index contributed by atoms with van der Waals surface area (Å²) in [5.74, 6) is 1.17. The molecule has 6 nitrogen and oxygen atoms in total. The highest BCUT2D eigenvalue weighted by Gasteiger charge is 2.21. The Morgan fingerprint density at radius 3 is 2.36 bits per heavy atom. The van der Waals surface area contributed by atoms with Crippen molar-refractivity contribution in [2.24, 2.45) is 5.92 Å². The zero-order valence-corrected chi connectivity index (χ0v) is 16.4. The van der Waals surface area contributed by atoms with Crippen molar-refractivity contribution < 1.29 is 23.8 Å². The number of hydrogen-bond acceptors (Lipinski definition) is 5. The maximum atomic E-state index is 12.1. The third-order valence-electron chi connectivity index (χ3n) is 4.38. The van der Waals surface area contributed by atoms with Crippen LogP contribution in [0.25, 0.3) is 0 Å². The maximum Gasteiger partial charge on any atom is 0.310 e. The fourth-order valence-electron chi connectivity index (χ4n) is 2.73. The Morgan fingerprint density at radius 1 is 1.16 bits per heavy atom. The fraction of sp³-hybridized carbons (Fsp3) is 0.556. The predicted octanol–water partition coefficient (Wildman–Crippen LogP) is 2.81. The molecular formula is C18H24BrNO5. The summed E-state index contributed by atoms with van der Waals surface area (Å²) in [5, 5.41) is 0. The molecule has 1 aliphatic heterocycles. The van der Waals surface area contributed by atoms with Crippen molar-refractivity contribution in [3.8, 4) is 11.5 Å². The van der Waals surface area contributed by atoms with E-state index < -0.39 is 5.97 Å². The van der Waals surface area contributed by atoms with Gasteiger partial charge in [-0.1, -0.05) is 22.9 Å². The molecule has 1 aliphatic rings. The number of amides is 1. The number of benzene rings is 1. The summed E-state index contributed by atoms with van der Waals surface area (Å²) in [4.78, 5) is 26.0. The van der Waals surface area contributed by atoms with Crippen LogP contribution in [-0.4, -0.2) is 50.7 Å². The van der Waals surface area contributed by atoms with Crippen molar-refractivity contribution in [2.45, 2.75) is 26.2 Å². The molecule has 0 spiro atoms. The quantitative estimate of drug-likeness (QED) is 0.670. The number of halogens is 1. The normalized spacial score (nSPS) is 15.0. The first-order valence-electron chi connectivity index (χ1n) is 8.28. The standard InChI is InChI=1S/C18H24BrNO5/c1-12-4-6-20(7-5-12)17(21)11-25-18(22)9-13-8-15(23-2)16(24-3)10-14(13)19/h8,10,12H,4-7,9,11H2,1-3H3. The zero-order chi connectivity index (χ0) is 18.4. The van der Waals surface area contributed by atoms with E-state index in [9.17, 15) is 9.59 Å². The van der Waals surface area contributed by atoms with Gasteiger partial charge in [-0.15, -0.1) is 0 Å². The van der Waals surface area contributed by atoms with Crippen LogP contribution < -0.4 is 9.47 Å². The molecule has 7 heteroatoms. The minimum absolute atomic E-state index is 0.0469. The number of carbonyl (C=O) groups is 2. The first kappa shape index (κ1) is 19.6. The number of nitrogens with zero attached hydrogens (tertiary/aromatic N) is 1. The van der Waals surface area contributed by atoms with E-state index in [1.54, 1.807) is 24.1 Å². The summed E-state index contributed by atoms with van der Waals surface area (Å²) in [6.07, 6.45) is 2.04. The molecule has 0 aromatic heterocycles. The Bertz CT molecular complexity index is 626. The summed E-state index contributed by atoms with van der Waals surface area (Å²) in [6.45, 7) is 3.44. The summed E-state index contributed by atoms with van der Waals surface area (Å²) >= 11 is 3.41. The monoisotopic (exact) mass is 413 g/mol. The van der Waals surface area contributed by atoms with Gasteiger partial charge >= 0.3 is 5.97 Å². The lowest BCUT2D eigenvalue weighted by molar-refractivity contribution is -0.152. The van der Waals surface area contributed by atoms with Crippen LogP contribution in [-0.2, 0) is 20.7 Å². The molecule has 1 saturated heterocycles. The second-order valence-corrected chi connectivity index (χ2v) is 7.05. The number of likely N-dealkylation sites (tertiary alicyclic amines) is 1. The number of esters is 1. The maximum absolute atomic E-state index is 12.1. The molecular weight excluding hydrogens is 390 g/mol. The van der Waals surface area contributed by atoms with E-state index in [1.807, 2.05) is 0 Å². The Labute approximate surface area is 156 Å². The third-order valence-corrected chi connectivity index (χ3v) is 5.12. The van der Waals surface area contributed by atoms with Crippen molar-refractivity contribution in [1.82, 2.24) is 4.90 Å². The average molecular weight is 414 g/mol. The number of rotatable bonds is 6. The lowest BCUT2D eigenvalue weighted by Crippen LogP contribution is -2.40. The van der Waals surface area contributed by atoms with Gasteiger partial charge in [-0.2, -0.15) is 0 Å². The summed E-state index contributed by atoms with van der Waals surface area (Å²) in [7, 11) is 3.08. The SMILES string of the molecule is COc1cc(Br)c(CC(=O)OCC(=O)N2CCC(C)CC2)cc1OC. The predicted molar refractivity (Wildman–Crippen MR) is 96.9 cm³/mol. The van der Waals surface area contributed by atoms with Crippen molar-refractivity contribution in [3.05, 3.63) is 22.2 Å². The second-order valence-electron chi connectivity index (χ2n) is 6.20. The Balaban J connectivity index is 1.89. The van der Waals surface area contributed by atoms with E-state index in [4.69, 9.17) is 14.2 Å². The molecule has 2 rings (SSSR count). The van der Waals surface area contributed by atoms with Crippen molar-refractivity contribution in [3.63, 3.8) is 0 Å². The van der Waals surface area contributed by atoms with E-state index in [2.05, 4.69) is 22.9 Å². The van der Waals surface area contributed by atoms with Gasteiger partial charge in [-0.3, -0.25) is 9.59 Å². The van der Waals surface area contributed by atoms with Crippen LogP contribution in [0.1, 0.15) is 25.3 Å². The van der Waals surface area contributed by atoms with Crippen LogP contribution in [0.15, 0.2) is 16.6 Å². The van der Waals surface area contributed by atoms with E-state index in [0.29, 0.717) is 23.0 Å². The number of hydrogen-bond donors (Lipinski definition) is 0. The number of piperidine rings is 1. The summed E-state index contributed by atoms with van der Waals surface area (Å²) in [5.41, 5.74) is 0.710. The van der Waals surface area contributed by atoms with Crippen LogP contribution >= 0.6 is 15.9 Å². The molecule has 1 aromatic rings. The number of carbonyl (C=O) groups excluding carboxylic acids is 2. The molecule has 1 heterocycles. The fourth-order valence-corrected chi connectivity index (χ4v) is 3.19. The van der Waals surface area contributed by atoms with Crippen LogP contribution in [0, 0.1) is 5.92 Å². The van der Waals surface area contributed by atoms with Gasteiger partial charge in [0.25, 0.3) is 5.91 Å². The molecule has 138 valence electrons. The van der Waals surface area contributed by atoms with Crippen molar-refractivity contribution in [1.29, 1.82) is 0 Å². The molecule has 1 fully saturated rings. The van der Waals surface area contributed by atoms with Gasteiger partial charge in [-0.25, -0.2) is 0 Å². The molecule has 0 atom stereocenters. The molecule has 0 bridgehead atoms. The van der Waals surface area contributed by atoms with E-state index in [0.717, 1.165) is 30.4 Å². The topological polar surface area (TPSA) is 65.1 Å². The number of methoxy groups -OCH3 is 2. The first-order chi connectivity index (χ1) is 11.9. The van der Waals surface area contributed by atoms with Gasteiger partial charge in [0.1, 0.15) is 0 Å². The van der Waals surface area contributed by atoms with Crippen LogP contribution in [0.2, 0.25) is 0 Å². The molecule has 0 radical (unpaired) electrons. The van der Waals surface area contributed by atoms with E-state index in [-0.39, 0.29) is 18.9 Å². The average Bonchev–Trinajstić information content (AvgIpc) is 2.61. The number of ether oxygens (including phenoxy) is 3. The molecule has 1 aromatic carbocycles. The summed E-state index contributed by atoms with van der Waals surface area (Å²) < 4.78 is 16.3. The molecule has 1 amide bonds. The van der Waals surface area contributed by atoms with E-state index in [1.165, 1.54) is 7.11 Å². The smallest absolute Gasteiger partial charge is 0.310 e. The Morgan fingerprint density at radius 2 is 1.76 bits per heavy atom. The highest BCUT2D eigenvalue weighted by Crippen LogP contribution is 2.33. The largest absolute Gasteiger partial charge is 0.493 e. The Kier molecular flexibility index (Phi) is 7.11. The lowest BCUT2D eigenvalue weighted by atomic mass is 9.99. The van der Waals surface area contributed by atoms with E-state index >= 15 is 0 Å². The van der Waals surface area contributed by atoms with Crippen molar-refractivity contribution >= 4 is 27.8 Å². The third kappa shape index (κ3) is 5.36. The lowest BCUT2D eigenvalue weighted by Gasteiger charge is -2.30. The molecule has 0 unspecified atom stereocenters. The van der Waals surface area contributed by atoms with Gasteiger partial charge in [0.15, 0.2) is 18.1 Å². The highest BCUT2D eigenvalue weighted by molar-refractivity contribution is 9.10. The van der Waals surface area contributed by atoms with Gasteiger partial charge in [0.2, 0.25) is 0 Å². The van der Waals surface area contributed by atoms with Crippen molar-refractivity contribution in [2.75, 3.05) is 33.9 Å². The van der Waals surface area contributed by atoms with Gasteiger partial charge < -0.3 is 19.1 Å².